The molecule has 0 fully saturated rings. The predicted molar refractivity (Wildman–Crippen MR) is 102 cm³/mol. The summed E-state index contributed by atoms with van der Waals surface area (Å²) in [7, 11) is -4.04. The number of hydrogen-bond donors (Lipinski definition) is 1. The smallest absolute Gasteiger partial charge is 0.307 e. The Balaban J connectivity index is 1.78. The molecular weight excluding hydrogens is 401 g/mol. The summed E-state index contributed by atoms with van der Waals surface area (Å²) in [5.74, 6) is -0.781. The Kier molecular flexibility index (Phi) is 4.85. The van der Waals surface area contributed by atoms with Gasteiger partial charge < -0.3 is 14.6 Å². The van der Waals surface area contributed by atoms with Crippen LogP contribution >= 0.6 is 0 Å². The van der Waals surface area contributed by atoms with E-state index in [1.54, 1.807) is 13.0 Å². The van der Waals surface area contributed by atoms with Crippen LogP contribution < -0.4 is 9.47 Å². The van der Waals surface area contributed by atoms with E-state index in [2.05, 4.69) is 0 Å². The maximum atomic E-state index is 13.8. The fourth-order valence-electron chi connectivity index (χ4n) is 3.89. The van der Waals surface area contributed by atoms with Gasteiger partial charge in [-0.2, -0.15) is 0 Å². The molecule has 0 amide bonds. The number of ether oxygens (including phenoxy) is 2. The van der Waals surface area contributed by atoms with Crippen molar-refractivity contribution < 1.29 is 32.2 Å². The number of nitrogens with zero attached hydrogens (tertiary/aromatic N) is 1. The van der Waals surface area contributed by atoms with Crippen molar-refractivity contribution in [3.8, 4) is 11.5 Å². The minimum Gasteiger partial charge on any atom is -0.490 e. The van der Waals surface area contributed by atoms with E-state index in [4.69, 9.17) is 9.47 Å². The van der Waals surface area contributed by atoms with Gasteiger partial charge in [0.25, 0.3) is 10.0 Å². The molecule has 7 nitrogen and oxygen atoms in total. The van der Waals surface area contributed by atoms with E-state index in [-0.39, 0.29) is 17.7 Å². The first kappa shape index (κ1) is 19.5. The number of rotatable bonds is 4. The lowest BCUT2D eigenvalue weighted by Gasteiger charge is -2.29. The van der Waals surface area contributed by atoms with Crippen LogP contribution in [-0.2, 0) is 14.8 Å². The third-order valence-corrected chi connectivity index (χ3v) is 7.09. The van der Waals surface area contributed by atoms with E-state index in [1.165, 1.54) is 28.6 Å². The lowest BCUT2D eigenvalue weighted by atomic mass is 9.93. The fraction of sp³-hybridized carbons (Fsp3) is 0.350. The number of hydrogen-bond acceptors (Lipinski definition) is 5. The van der Waals surface area contributed by atoms with Gasteiger partial charge in [0.1, 0.15) is 5.83 Å². The van der Waals surface area contributed by atoms with Crippen LogP contribution in [0.1, 0.15) is 26.2 Å². The highest BCUT2D eigenvalue weighted by Crippen LogP contribution is 2.44. The molecule has 0 bridgehead atoms. The second kappa shape index (κ2) is 7.22. The van der Waals surface area contributed by atoms with Gasteiger partial charge in [-0.05, 0) is 48.8 Å². The number of carbonyl (C=O) groups is 1. The minimum absolute atomic E-state index is 0.00653. The van der Waals surface area contributed by atoms with E-state index in [0.717, 1.165) is 0 Å². The largest absolute Gasteiger partial charge is 0.490 e. The van der Waals surface area contributed by atoms with Gasteiger partial charge in [-0.3, -0.25) is 9.10 Å². The van der Waals surface area contributed by atoms with E-state index in [1.807, 2.05) is 0 Å². The second-order valence-electron chi connectivity index (χ2n) is 7.03. The molecule has 1 aromatic rings. The Morgan fingerprint density at radius 2 is 2.00 bits per heavy atom. The van der Waals surface area contributed by atoms with Gasteiger partial charge in [-0.1, -0.05) is 0 Å². The van der Waals surface area contributed by atoms with Gasteiger partial charge >= 0.3 is 5.97 Å². The van der Waals surface area contributed by atoms with Gasteiger partial charge in [0.2, 0.25) is 0 Å². The van der Waals surface area contributed by atoms with Gasteiger partial charge in [0.15, 0.2) is 11.5 Å². The van der Waals surface area contributed by atoms with Crippen molar-refractivity contribution in [2.45, 2.75) is 37.1 Å². The molecule has 0 spiro atoms. The first-order chi connectivity index (χ1) is 13.8. The van der Waals surface area contributed by atoms with Crippen LogP contribution in [0, 0.1) is 0 Å². The summed E-state index contributed by atoms with van der Waals surface area (Å²) in [6.45, 7) is 2.46. The molecule has 1 aromatic carbocycles. The SMILES string of the molecule is CC1=C(CC(=O)O)C2=CC(F)=CCC2N1S(=O)(=O)c1ccc2c(c1)OCCCO2. The molecule has 3 aliphatic rings. The van der Waals surface area contributed by atoms with Crippen molar-refractivity contribution in [3.05, 3.63) is 53.0 Å². The number of fused-ring (bicyclic) bond motifs is 2. The maximum Gasteiger partial charge on any atom is 0.307 e. The number of aliphatic carboxylic acids is 1. The van der Waals surface area contributed by atoms with Crippen LogP contribution in [0.15, 0.2) is 57.9 Å². The molecule has 1 aliphatic carbocycles. The zero-order valence-corrected chi connectivity index (χ0v) is 16.5. The van der Waals surface area contributed by atoms with Crippen molar-refractivity contribution in [2.75, 3.05) is 13.2 Å². The molecule has 0 aromatic heterocycles. The van der Waals surface area contributed by atoms with Crippen LogP contribution in [0.25, 0.3) is 0 Å². The third-order valence-electron chi connectivity index (χ3n) is 5.19. The van der Waals surface area contributed by atoms with Crippen molar-refractivity contribution in [1.82, 2.24) is 4.31 Å². The lowest BCUT2D eigenvalue weighted by Crippen LogP contribution is -2.36. The van der Waals surface area contributed by atoms with Crippen LogP contribution in [0.5, 0.6) is 11.5 Å². The summed E-state index contributed by atoms with van der Waals surface area (Å²) in [4.78, 5) is 11.3. The minimum atomic E-state index is -4.04. The number of halogens is 1. The Bertz CT molecular complexity index is 1070. The highest BCUT2D eigenvalue weighted by Gasteiger charge is 2.43. The molecule has 154 valence electrons. The zero-order valence-electron chi connectivity index (χ0n) is 15.7. The van der Waals surface area contributed by atoms with Crippen LogP contribution in [-0.4, -0.2) is 43.1 Å². The normalized spacial score (nSPS) is 21.3. The van der Waals surface area contributed by atoms with Gasteiger partial charge in [-0.15, -0.1) is 0 Å². The monoisotopic (exact) mass is 421 g/mol. The van der Waals surface area contributed by atoms with Gasteiger partial charge in [0, 0.05) is 18.2 Å². The van der Waals surface area contributed by atoms with Gasteiger partial charge in [0.05, 0.1) is 30.6 Å². The molecule has 29 heavy (non-hydrogen) atoms. The molecule has 4 rings (SSSR count). The van der Waals surface area contributed by atoms with Crippen molar-refractivity contribution in [2.24, 2.45) is 0 Å². The molecular formula is C20H20FNO6S. The number of benzene rings is 1. The van der Waals surface area contributed by atoms with E-state index in [9.17, 15) is 22.7 Å². The van der Waals surface area contributed by atoms with Crippen LogP contribution in [0.4, 0.5) is 4.39 Å². The summed E-state index contributed by atoms with van der Waals surface area (Å²) < 4.78 is 53.2. The molecule has 0 saturated carbocycles. The molecule has 1 N–H and O–H groups in total. The Hall–Kier alpha value is -2.81. The van der Waals surface area contributed by atoms with Gasteiger partial charge in [-0.25, -0.2) is 12.8 Å². The molecule has 9 heteroatoms. The Labute approximate surface area is 167 Å². The molecule has 2 heterocycles. The molecule has 2 aliphatic heterocycles. The highest BCUT2D eigenvalue weighted by atomic mass is 32.2. The standard InChI is InChI=1S/C20H20FNO6S/c1-12-15(11-20(23)24)16-9-13(21)3-5-17(16)22(12)29(25,26)14-4-6-18-19(10-14)28-8-2-7-27-18/h3-4,6,9-10,17H,2,5,7-8,11H2,1H3,(H,23,24). The predicted octanol–water partition coefficient (Wildman–Crippen LogP) is 3.15. The number of carboxylic acids is 1. The summed E-state index contributed by atoms with van der Waals surface area (Å²) in [6, 6.07) is 3.73. The molecule has 1 atom stereocenters. The van der Waals surface area contributed by atoms with Crippen LogP contribution in [0.3, 0.4) is 0 Å². The fourth-order valence-corrected chi connectivity index (χ4v) is 5.62. The van der Waals surface area contributed by atoms with Crippen molar-refractivity contribution in [3.63, 3.8) is 0 Å². The average Bonchev–Trinajstić information content (AvgIpc) is 2.83. The average molecular weight is 421 g/mol. The third kappa shape index (κ3) is 3.39. The first-order valence-corrected chi connectivity index (χ1v) is 10.7. The van der Waals surface area contributed by atoms with Crippen molar-refractivity contribution >= 4 is 16.0 Å². The van der Waals surface area contributed by atoms with Crippen molar-refractivity contribution in [1.29, 1.82) is 0 Å². The van der Waals surface area contributed by atoms with Crippen LogP contribution in [0.2, 0.25) is 0 Å². The molecule has 0 radical (unpaired) electrons. The zero-order chi connectivity index (χ0) is 20.8. The topological polar surface area (TPSA) is 93.1 Å². The quantitative estimate of drug-likeness (QED) is 0.803. The lowest BCUT2D eigenvalue weighted by molar-refractivity contribution is -0.136. The van der Waals surface area contributed by atoms with E-state index >= 15 is 0 Å². The number of carboxylic acid groups (broad SMARTS) is 1. The highest BCUT2D eigenvalue weighted by molar-refractivity contribution is 7.89. The first-order valence-electron chi connectivity index (χ1n) is 9.22. The van der Waals surface area contributed by atoms with E-state index < -0.39 is 27.9 Å². The summed E-state index contributed by atoms with van der Waals surface area (Å²) in [5.41, 5.74) is 1.00. The second-order valence-corrected chi connectivity index (χ2v) is 8.85. The van der Waals surface area contributed by atoms with E-state index in [0.29, 0.717) is 48.0 Å². The molecule has 0 saturated heterocycles. The molecule has 1 unspecified atom stereocenters. The summed E-state index contributed by atoms with van der Waals surface area (Å²) in [6.07, 6.45) is 2.97. The Morgan fingerprint density at radius 3 is 2.72 bits per heavy atom. The maximum absolute atomic E-state index is 13.8. The Morgan fingerprint density at radius 1 is 1.28 bits per heavy atom. The number of allylic oxidation sites excluding steroid dienone is 3. The summed E-state index contributed by atoms with van der Waals surface area (Å²) in [5, 5.41) is 9.24. The number of sulfonamides is 1. The summed E-state index contributed by atoms with van der Waals surface area (Å²) >= 11 is 0.